The molecule has 5 heterocycles. The molecule has 0 spiro atoms. The molecule has 0 saturated carbocycles. The van der Waals surface area contributed by atoms with E-state index >= 15 is 0 Å². The molecule has 0 atom stereocenters. The van der Waals surface area contributed by atoms with Crippen LogP contribution in [0.25, 0.3) is 209 Å². The van der Waals surface area contributed by atoms with Crippen molar-refractivity contribution in [3.8, 4) is 102 Å². The molecule has 7 nitrogen and oxygen atoms in total. The molecule has 0 aliphatic carbocycles. The van der Waals surface area contributed by atoms with Gasteiger partial charge >= 0.3 is 0 Å². The number of rotatable bonds is 9. The molecule has 0 fully saturated rings. The van der Waals surface area contributed by atoms with Gasteiger partial charge in [0.15, 0.2) is 0 Å². The largest absolute Gasteiger partial charge is 0.309 e. The van der Waals surface area contributed by atoms with Gasteiger partial charge in [0.05, 0.1) is 62.2 Å². The van der Waals surface area contributed by atoms with Gasteiger partial charge < -0.3 is 9.13 Å². The summed E-state index contributed by atoms with van der Waals surface area (Å²) in [6, 6.07) is 126. The van der Waals surface area contributed by atoms with E-state index < -0.39 is 0 Å². The molecule has 5 aromatic heterocycles. The Bertz CT molecular complexity index is 7280. The van der Waals surface area contributed by atoms with E-state index in [0.717, 1.165) is 116 Å². The predicted molar refractivity (Wildman–Crippen MR) is 447 cm³/mol. The molecule has 0 saturated heterocycles. The van der Waals surface area contributed by atoms with Gasteiger partial charge in [-0.1, -0.05) is 158 Å². The second-order valence-electron chi connectivity index (χ2n) is 28.1. The first-order chi connectivity index (χ1) is 53.4. The molecule has 0 aliphatic heterocycles. The first kappa shape index (κ1) is 61.7. The van der Waals surface area contributed by atoms with Crippen molar-refractivity contribution in [1.82, 2.24) is 24.1 Å². The maximum absolute atomic E-state index is 9.78. The minimum atomic E-state index is 0.658. The van der Waals surface area contributed by atoms with E-state index in [0.29, 0.717) is 11.1 Å². The van der Waals surface area contributed by atoms with E-state index in [-0.39, 0.29) is 0 Å². The number of hydrogen-bond acceptors (Lipinski definition) is 5. The van der Waals surface area contributed by atoms with Crippen LogP contribution < -0.4 is 0 Å². The molecule has 0 bridgehead atoms. The highest BCUT2D eigenvalue weighted by Crippen LogP contribution is 2.46. The number of para-hydroxylation sites is 3. The van der Waals surface area contributed by atoms with Crippen LogP contribution >= 0.6 is 0 Å². The lowest BCUT2D eigenvalue weighted by Crippen LogP contribution is -1.93. The summed E-state index contributed by atoms with van der Waals surface area (Å²) >= 11 is 0. The molecule has 0 aliphatic rings. The summed E-state index contributed by atoms with van der Waals surface area (Å²) < 4.78 is 4.58. The third-order valence-corrected chi connectivity index (χ3v) is 21.9. The van der Waals surface area contributed by atoms with Crippen molar-refractivity contribution in [3.05, 3.63) is 369 Å². The maximum Gasteiger partial charge on any atom is 0.0991 e. The van der Waals surface area contributed by atoms with E-state index in [1.165, 1.54) is 92.5 Å². The summed E-state index contributed by atoms with van der Waals surface area (Å²) in [6.07, 6.45) is 5.55. The van der Waals surface area contributed by atoms with Crippen LogP contribution in [0.15, 0.2) is 358 Å². The van der Waals surface area contributed by atoms with Crippen molar-refractivity contribution < 1.29 is 0 Å². The summed E-state index contributed by atoms with van der Waals surface area (Å²) in [5.41, 5.74) is 24.6. The second-order valence-corrected chi connectivity index (χ2v) is 28.1. The molecule has 0 N–H and O–H groups in total. The topological polar surface area (TPSA) is 96.1 Å². The van der Waals surface area contributed by atoms with Gasteiger partial charge in [-0.05, 0) is 297 Å². The van der Waals surface area contributed by atoms with E-state index in [1.54, 1.807) is 0 Å². The molecule has 0 radical (unpaired) electrons. The van der Waals surface area contributed by atoms with Gasteiger partial charge in [-0.3, -0.25) is 15.0 Å². The summed E-state index contributed by atoms with van der Waals surface area (Å²) in [6.45, 7) is 0. The van der Waals surface area contributed by atoms with Crippen LogP contribution in [0.5, 0.6) is 0 Å². The zero-order valence-electron chi connectivity index (χ0n) is 58.2. The number of pyridine rings is 3. The SMILES string of the molecule is N#Cc1ccc2c(c1)c1cc(-c3cc4ccc5cc(-c6cc(-c7ccccn7)cc(-c7ccccn7)c6)cc6ccc(c3)c4c56)ccc1n2-c1ccccc1.N#Cc1ccc2c(c1)c1cc(-c3cc4ccc5cc(-c6ccc(-c7cccc8cccnc78)cc6)cc6ccc(c3)c4c56)ccc1n2-c1ccccc1. The van der Waals surface area contributed by atoms with Crippen molar-refractivity contribution in [1.29, 1.82) is 10.5 Å². The fraction of sp³-hybridized carbons (Fsp3) is 0. The van der Waals surface area contributed by atoms with Crippen molar-refractivity contribution >= 4 is 119 Å². The number of nitriles is 2. The highest BCUT2D eigenvalue weighted by atomic mass is 15.0. The fourth-order valence-electron chi connectivity index (χ4n) is 16.9. The Labute approximate surface area is 620 Å². The van der Waals surface area contributed by atoms with Crippen LogP contribution in [0.3, 0.4) is 0 Å². The third kappa shape index (κ3) is 10.3. The zero-order valence-corrected chi connectivity index (χ0v) is 58.2. The summed E-state index contributed by atoms with van der Waals surface area (Å²) in [4.78, 5) is 14.0. The minimum Gasteiger partial charge on any atom is -0.309 e. The number of fused-ring (bicyclic) bond motifs is 7. The first-order valence-electron chi connectivity index (χ1n) is 36.3. The van der Waals surface area contributed by atoms with Gasteiger partial charge in [0.25, 0.3) is 0 Å². The quantitative estimate of drug-likeness (QED) is 0.134. The molecular formula is C101H59N7. The molecule has 0 amide bonds. The Morgan fingerprint density at radius 3 is 0.981 bits per heavy atom. The second kappa shape index (κ2) is 24.9. The van der Waals surface area contributed by atoms with Crippen molar-refractivity contribution in [2.45, 2.75) is 0 Å². The van der Waals surface area contributed by atoms with Gasteiger partial charge in [-0.25, -0.2) is 0 Å². The Morgan fingerprint density at radius 1 is 0.222 bits per heavy atom. The molecule has 22 aromatic rings. The minimum absolute atomic E-state index is 0.658. The Morgan fingerprint density at radius 2 is 0.565 bits per heavy atom. The number of nitrogens with zero attached hydrogens (tertiary/aromatic N) is 7. The van der Waals surface area contributed by atoms with Crippen LogP contribution in [0, 0.1) is 22.7 Å². The maximum atomic E-state index is 9.78. The molecule has 108 heavy (non-hydrogen) atoms. The Balaban J connectivity index is 0.000000138. The van der Waals surface area contributed by atoms with E-state index in [2.05, 4.69) is 309 Å². The van der Waals surface area contributed by atoms with Gasteiger partial charge in [-0.15, -0.1) is 0 Å². The molecular weight excluding hydrogens is 1310 g/mol. The fourth-order valence-corrected chi connectivity index (χ4v) is 16.9. The smallest absolute Gasteiger partial charge is 0.0991 e. The van der Waals surface area contributed by atoms with Gasteiger partial charge in [0.1, 0.15) is 0 Å². The number of benzene rings is 17. The lowest BCUT2D eigenvalue weighted by atomic mass is 9.88. The van der Waals surface area contributed by atoms with E-state index in [9.17, 15) is 10.5 Å². The Hall–Kier alpha value is -14.9. The Kier molecular flexibility index (Phi) is 14.3. The monoisotopic (exact) mass is 1370 g/mol. The van der Waals surface area contributed by atoms with E-state index in [1.807, 2.05) is 85.3 Å². The van der Waals surface area contributed by atoms with Crippen LogP contribution in [0.4, 0.5) is 0 Å². The standard InChI is InChI=1S/C51H30N4.C50H29N3/c52-31-32-12-18-48-44(22-32)45-30-33(17-19-49(45)55(48)43-8-2-1-3-9-43)38-23-34-13-15-36-25-39(26-37-16-14-35(24-38)50(34)51(36)37)40-27-41(46-10-4-6-20-53-46)29-42(28-40)47-11-5-7-21-54-47;51-30-31-11-21-46-44(24-31)45-29-35(20-22-47(45)53(46)42-8-2-1-3-9-42)41-27-38-18-16-36-25-40(26-37-17-19-39(28-41)49(38)48(36)37)32-12-14-33(15-13-32)43-10-4-6-34-7-5-23-52-50(34)43/h1-30H;1-29H. The average molecular weight is 1370 g/mol. The zero-order chi connectivity index (χ0) is 71.5. The first-order valence-corrected chi connectivity index (χ1v) is 36.3. The van der Waals surface area contributed by atoms with Crippen LogP contribution in [0.2, 0.25) is 0 Å². The van der Waals surface area contributed by atoms with Crippen LogP contribution in [-0.4, -0.2) is 24.1 Å². The summed E-state index contributed by atoms with van der Waals surface area (Å²) in [5, 5.41) is 40.1. The summed E-state index contributed by atoms with van der Waals surface area (Å²) in [5.74, 6) is 0. The normalized spacial score (nSPS) is 11.7. The van der Waals surface area contributed by atoms with Crippen molar-refractivity contribution in [2.75, 3.05) is 0 Å². The molecule has 17 aromatic carbocycles. The lowest BCUT2D eigenvalue weighted by Gasteiger charge is -2.16. The molecule has 22 rings (SSSR count). The van der Waals surface area contributed by atoms with Crippen molar-refractivity contribution in [2.24, 2.45) is 0 Å². The highest BCUT2D eigenvalue weighted by molar-refractivity contribution is 6.26. The van der Waals surface area contributed by atoms with Crippen LogP contribution in [0.1, 0.15) is 11.1 Å². The summed E-state index contributed by atoms with van der Waals surface area (Å²) in [7, 11) is 0. The third-order valence-electron chi connectivity index (χ3n) is 21.9. The predicted octanol–water partition coefficient (Wildman–Crippen LogP) is 26.1. The number of aromatic nitrogens is 5. The molecule has 498 valence electrons. The van der Waals surface area contributed by atoms with Crippen molar-refractivity contribution in [3.63, 3.8) is 0 Å². The van der Waals surface area contributed by atoms with Gasteiger partial charge in [0, 0.05) is 73.6 Å². The van der Waals surface area contributed by atoms with Gasteiger partial charge in [0.2, 0.25) is 0 Å². The molecule has 0 unspecified atom stereocenters. The highest BCUT2D eigenvalue weighted by Gasteiger charge is 2.21. The van der Waals surface area contributed by atoms with E-state index in [4.69, 9.17) is 0 Å². The number of hydrogen-bond donors (Lipinski definition) is 0. The van der Waals surface area contributed by atoms with Crippen LogP contribution in [-0.2, 0) is 0 Å². The average Bonchev–Trinajstić information content (AvgIpc) is 1.27. The lowest BCUT2D eigenvalue weighted by molar-refractivity contribution is 1.18. The molecule has 7 heteroatoms. The van der Waals surface area contributed by atoms with Gasteiger partial charge in [-0.2, -0.15) is 10.5 Å².